The van der Waals surface area contributed by atoms with Crippen molar-refractivity contribution in [3.8, 4) is 28.3 Å². The van der Waals surface area contributed by atoms with E-state index in [0.29, 0.717) is 0 Å². The zero-order chi connectivity index (χ0) is 17.5. The zero-order valence-electron chi connectivity index (χ0n) is 14.9. The van der Waals surface area contributed by atoms with Gasteiger partial charge in [0.25, 0.3) is 0 Å². The third-order valence-corrected chi connectivity index (χ3v) is 4.20. The van der Waals surface area contributed by atoms with Gasteiger partial charge in [-0.3, -0.25) is 0 Å². The second kappa shape index (κ2) is 8.43. The molecular weight excluding hydrogens is 308 g/mol. The summed E-state index contributed by atoms with van der Waals surface area (Å²) in [5, 5.41) is 0. The molecule has 1 unspecified atom stereocenters. The summed E-state index contributed by atoms with van der Waals surface area (Å²) < 4.78 is 5.97. The molecule has 0 amide bonds. The van der Waals surface area contributed by atoms with Crippen LogP contribution < -0.4 is 4.74 Å². The summed E-state index contributed by atoms with van der Waals surface area (Å²) in [6.45, 7) is 4.34. The predicted molar refractivity (Wildman–Crippen MR) is 103 cm³/mol. The van der Waals surface area contributed by atoms with Gasteiger partial charge in [-0.25, -0.2) is 9.97 Å². The van der Waals surface area contributed by atoms with Crippen molar-refractivity contribution in [2.24, 2.45) is 0 Å². The number of ether oxygens (including phenoxy) is 1. The molecule has 0 spiro atoms. The Morgan fingerprint density at radius 2 is 1.40 bits per heavy atom. The van der Waals surface area contributed by atoms with Gasteiger partial charge in [0.05, 0.1) is 6.10 Å². The second-order valence-electron chi connectivity index (χ2n) is 6.24. The van der Waals surface area contributed by atoms with Gasteiger partial charge in [0.2, 0.25) is 0 Å². The van der Waals surface area contributed by atoms with E-state index in [9.17, 15) is 0 Å². The van der Waals surface area contributed by atoms with E-state index in [0.717, 1.165) is 23.6 Å². The highest BCUT2D eigenvalue weighted by atomic mass is 16.5. The molecule has 3 heteroatoms. The molecule has 0 N–H and O–H groups in total. The van der Waals surface area contributed by atoms with E-state index in [4.69, 9.17) is 4.74 Å². The molecule has 3 rings (SSSR count). The molecule has 0 aliphatic heterocycles. The van der Waals surface area contributed by atoms with Crippen LogP contribution in [0.2, 0.25) is 0 Å². The van der Waals surface area contributed by atoms with Crippen LogP contribution in [0.3, 0.4) is 0 Å². The van der Waals surface area contributed by atoms with Crippen molar-refractivity contribution in [3.63, 3.8) is 0 Å². The lowest BCUT2D eigenvalue weighted by Gasteiger charge is -2.14. The Kier molecular flexibility index (Phi) is 5.78. The number of unbranched alkanes of at least 4 members (excludes halogenated alkanes) is 1. The highest BCUT2D eigenvalue weighted by Gasteiger charge is 2.05. The Morgan fingerprint density at radius 3 is 2.00 bits per heavy atom. The fraction of sp³-hybridized carbons (Fsp3) is 0.273. The van der Waals surface area contributed by atoms with Gasteiger partial charge in [0.1, 0.15) is 5.75 Å². The molecule has 0 fully saturated rings. The molecule has 0 radical (unpaired) electrons. The number of hydrogen-bond acceptors (Lipinski definition) is 3. The number of benzene rings is 2. The maximum Gasteiger partial charge on any atom is 0.159 e. The van der Waals surface area contributed by atoms with Crippen molar-refractivity contribution in [3.05, 3.63) is 67.0 Å². The number of hydrogen-bond donors (Lipinski definition) is 0. The van der Waals surface area contributed by atoms with Crippen LogP contribution >= 0.6 is 0 Å². The molecule has 2 aromatic carbocycles. The molecule has 0 aliphatic rings. The van der Waals surface area contributed by atoms with E-state index < -0.39 is 0 Å². The van der Waals surface area contributed by atoms with E-state index in [1.165, 1.54) is 24.0 Å². The van der Waals surface area contributed by atoms with Crippen molar-refractivity contribution in [2.45, 2.75) is 39.2 Å². The lowest BCUT2D eigenvalue weighted by Crippen LogP contribution is -2.11. The standard InChI is InChI=1S/C22H24N2O/c1-3-4-6-17(2)25-21-13-11-19(12-14-21)18-7-9-20(10-8-18)22-23-15-5-16-24-22/h5,7-17H,3-4,6H2,1-2H3. The maximum atomic E-state index is 5.97. The first-order chi connectivity index (χ1) is 12.3. The molecular formula is C22H24N2O. The first kappa shape index (κ1) is 17.2. The molecule has 0 saturated heterocycles. The summed E-state index contributed by atoms with van der Waals surface area (Å²) in [5.41, 5.74) is 3.37. The molecule has 0 bridgehead atoms. The Morgan fingerprint density at radius 1 is 0.840 bits per heavy atom. The van der Waals surface area contributed by atoms with Crippen LogP contribution in [-0.2, 0) is 0 Å². The predicted octanol–water partition coefficient (Wildman–Crippen LogP) is 5.77. The highest BCUT2D eigenvalue weighted by molar-refractivity contribution is 5.68. The van der Waals surface area contributed by atoms with E-state index in [1.54, 1.807) is 12.4 Å². The van der Waals surface area contributed by atoms with Gasteiger partial charge in [-0.1, -0.05) is 56.2 Å². The van der Waals surface area contributed by atoms with Crippen LogP contribution in [0.4, 0.5) is 0 Å². The molecule has 1 atom stereocenters. The molecule has 0 aliphatic carbocycles. The molecule has 3 aromatic rings. The van der Waals surface area contributed by atoms with Crippen molar-refractivity contribution < 1.29 is 4.74 Å². The van der Waals surface area contributed by atoms with Gasteiger partial charge in [-0.2, -0.15) is 0 Å². The first-order valence-electron chi connectivity index (χ1n) is 8.91. The lowest BCUT2D eigenvalue weighted by molar-refractivity contribution is 0.207. The third-order valence-electron chi connectivity index (χ3n) is 4.20. The number of aromatic nitrogens is 2. The monoisotopic (exact) mass is 332 g/mol. The average Bonchev–Trinajstić information content (AvgIpc) is 2.68. The summed E-state index contributed by atoms with van der Waals surface area (Å²) in [6, 6.07) is 18.5. The van der Waals surface area contributed by atoms with Crippen LogP contribution in [0.25, 0.3) is 22.5 Å². The Hall–Kier alpha value is -2.68. The molecule has 1 aromatic heterocycles. The average molecular weight is 332 g/mol. The van der Waals surface area contributed by atoms with Crippen molar-refractivity contribution >= 4 is 0 Å². The minimum Gasteiger partial charge on any atom is -0.491 e. The van der Waals surface area contributed by atoms with Crippen molar-refractivity contribution in [1.29, 1.82) is 0 Å². The maximum absolute atomic E-state index is 5.97. The van der Waals surface area contributed by atoms with Crippen LogP contribution in [0.5, 0.6) is 5.75 Å². The fourth-order valence-corrected chi connectivity index (χ4v) is 2.77. The summed E-state index contributed by atoms with van der Waals surface area (Å²) in [6.07, 6.45) is 7.29. The molecule has 0 saturated carbocycles. The van der Waals surface area contributed by atoms with Crippen LogP contribution in [0.1, 0.15) is 33.1 Å². The second-order valence-corrected chi connectivity index (χ2v) is 6.24. The lowest BCUT2D eigenvalue weighted by atomic mass is 10.0. The largest absolute Gasteiger partial charge is 0.491 e. The van der Waals surface area contributed by atoms with Crippen LogP contribution in [0.15, 0.2) is 67.0 Å². The topological polar surface area (TPSA) is 35.0 Å². The van der Waals surface area contributed by atoms with Crippen molar-refractivity contribution in [1.82, 2.24) is 9.97 Å². The quantitative estimate of drug-likeness (QED) is 0.551. The SMILES string of the molecule is CCCCC(C)Oc1ccc(-c2ccc(-c3ncccn3)cc2)cc1. The fourth-order valence-electron chi connectivity index (χ4n) is 2.77. The van der Waals surface area contributed by atoms with Gasteiger partial charge < -0.3 is 4.74 Å². The minimum atomic E-state index is 0.260. The third kappa shape index (κ3) is 4.66. The van der Waals surface area contributed by atoms with Crippen molar-refractivity contribution in [2.75, 3.05) is 0 Å². The smallest absolute Gasteiger partial charge is 0.159 e. The normalized spacial score (nSPS) is 11.9. The van der Waals surface area contributed by atoms with Crippen LogP contribution in [-0.4, -0.2) is 16.1 Å². The number of rotatable bonds is 7. The molecule has 25 heavy (non-hydrogen) atoms. The van der Waals surface area contributed by atoms with Gasteiger partial charge in [0, 0.05) is 18.0 Å². The summed E-state index contributed by atoms with van der Waals surface area (Å²) in [5.74, 6) is 1.68. The first-order valence-corrected chi connectivity index (χ1v) is 8.91. The molecule has 1 heterocycles. The molecule has 128 valence electrons. The van der Waals surface area contributed by atoms with Gasteiger partial charge in [-0.15, -0.1) is 0 Å². The summed E-state index contributed by atoms with van der Waals surface area (Å²) in [7, 11) is 0. The van der Waals surface area contributed by atoms with Crippen LogP contribution in [0, 0.1) is 0 Å². The molecule has 3 nitrogen and oxygen atoms in total. The zero-order valence-corrected chi connectivity index (χ0v) is 14.9. The van der Waals surface area contributed by atoms with E-state index in [2.05, 4.69) is 60.2 Å². The van der Waals surface area contributed by atoms with E-state index >= 15 is 0 Å². The van der Waals surface area contributed by atoms with Gasteiger partial charge in [-0.05, 0) is 42.7 Å². The Balaban J connectivity index is 1.68. The van der Waals surface area contributed by atoms with E-state index in [-0.39, 0.29) is 6.10 Å². The Bertz CT molecular complexity index is 767. The van der Waals surface area contributed by atoms with Gasteiger partial charge in [0.15, 0.2) is 5.82 Å². The number of nitrogens with zero attached hydrogens (tertiary/aromatic N) is 2. The summed E-state index contributed by atoms with van der Waals surface area (Å²) in [4.78, 5) is 8.57. The van der Waals surface area contributed by atoms with Gasteiger partial charge >= 0.3 is 0 Å². The highest BCUT2D eigenvalue weighted by Crippen LogP contribution is 2.25. The Labute approximate surface area is 149 Å². The minimum absolute atomic E-state index is 0.260. The van der Waals surface area contributed by atoms with E-state index in [1.807, 2.05) is 18.2 Å². The summed E-state index contributed by atoms with van der Waals surface area (Å²) >= 11 is 0.